The van der Waals surface area contributed by atoms with Crippen LogP contribution in [0.1, 0.15) is 15.9 Å². The van der Waals surface area contributed by atoms with Crippen molar-refractivity contribution in [1.82, 2.24) is 20.0 Å². The van der Waals surface area contributed by atoms with Gasteiger partial charge in [-0.2, -0.15) is 0 Å². The second kappa shape index (κ2) is 12.4. The number of halogens is 1. The minimum atomic E-state index is -0.349. The van der Waals surface area contributed by atoms with Crippen LogP contribution in [0.5, 0.6) is 5.75 Å². The first-order valence-electron chi connectivity index (χ1n) is 13.1. The number of hydrogen-bond acceptors (Lipinski definition) is 6. The highest BCUT2D eigenvalue weighted by Crippen LogP contribution is 2.23. The molecule has 1 aliphatic heterocycles. The maximum Gasteiger partial charge on any atom is 0.254 e. The van der Waals surface area contributed by atoms with E-state index in [1.807, 2.05) is 42.5 Å². The molecule has 9 heteroatoms. The monoisotopic (exact) mass is 539 g/mol. The summed E-state index contributed by atoms with van der Waals surface area (Å²) < 4.78 is 18.7. The van der Waals surface area contributed by atoms with E-state index in [1.54, 1.807) is 48.4 Å². The minimum Gasteiger partial charge on any atom is -0.497 e. The summed E-state index contributed by atoms with van der Waals surface area (Å²) in [6.45, 7) is 2.34. The molecule has 0 unspecified atom stereocenters. The molecule has 0 atom stereocenters. The van der Waals surface area contributed by atoms with Crippen LogP contribution in [0.3, 0.4) is 0 Å². The van der Waals surface area contributed by atoms with E-state index in [4.69, 9.17) is 4.74 Å². The first-order valence-corrected chi connectivity index (χ1v) is 13.1. The van der Waals surface area contributed by atoms with Gasteiger partial charge in [0.25, 0.3) is 5.91 Å². The van der Waals surface area contributed by atoms with Crippen LogP contribution >= 0.6 is 0 Å². The average Bonchev–Trinajstić information content (AvgIpc) is 3.02. The van der Waals surface area contributed by atoms with Crippen molar-refractivity contribution in [2.75, 3.05) is 44.7 Å². The number of amides is 2. The van der Waals surface area contributed by atoms with Crippen LogP contribution in [0, 0.1) is 5.82 Å². The van der Waals surface area contributed by atoms with Gasteiger partial charge in [0.05, 0.1) is 12.8 Å². The third-order valence-electron chi connectivity index (χ3n) is 6.89. The molecule has 40 heavy (non-hydrogen) atoms. The number of rotatable bonds is 8. The number of nitrogens with zero attached hydrogens (tertiary/aromatic N) is 5. The normalized spacial score (nSPS) is 13.2. The highest BCUT2D eigenvalue weighted by atomic mass is 19.1. The smallest absolute Gasteiger partial charge is 0.254 e. The van der Waals surface area contributed by atoms with E-state index >= 15 is 0 Å². The summed E-state index contributed by atoms with van der Waals surface area (Å²) in [5.41, 5.74) is 2.92. The largest absolute Gasteiger partial charge is 0.497 e. The molecule has 0 aliphatic carbocycles. The van der Waals surface area contributed by atoms with Crippen molar-refractivity contribution < 1.29 is 18.7 Å². The molecule has 1 saturated heterocycles. The summed E-state index contributed by atoms with van der Waals surface area (Å²) in [5.74, 6) is 0.772. The molecule has 204 valence electrons. The van der Waals surface area contributed by atoms with Crippen LogP contribution in [-0.2, 0) is 11.3 Å². The molecule has 0 spiro atoms. The number of carbonyl (C=O) groups excluding carboxylic acids is 2. The first kappa shape index (κ1) is 26.8. The van der Waals surface area contributed by atoms with Gasteiger partial charge in [-0.1, -0.05) is 42.5 Å². The Hall–Kier alpha value is -4.79. The fourth-order valence-corrected chi connectivity index (χ4v) is 4.65. The van der Waals surface area contributed by atoms with Crippen molar-refractivity contribution in [1.29, 1.82) is 0 Å². The van der Waals surface area contributed by atoms with Crippen LogP contribution in [-0.4, -0.2) is 71.6 Å². The van der Waals surface area contributed by atoms with Crippen LogP contribution in [0.2, 0.25) is 0 Å². The molecule has 0 radical (unpaired) electrons. The fourth-order valence-electron chi connectivity index (χ4n) is 4.65. The van der Waals surface area contributed by atoms with Gasteiger partial charge in [0, 0.05) is 43.9 Å². The van der Waals surface area contributed by atoms with E-state index in [0.29, 0.717) is 31.7 Å². The highest BCUT2D eigenvalue weighted by molar-refractivity contribution is 5.96. The van der Waals surface area contributed by atoms with Crippen molar-refractivity contribution >= 4 is 17.6 Å². The lowest BCUT2D eigenvalue weighted by Crippen LogP contribution is -2.52. The van der Waals surface area contributed by atoms with Gasteiger partial charge in [-0.05, 0) is 54.1 Å². The summed E-state index contributed by atoms with van der Waals surface area (Å²) in [4.78, 5) is 32.0. The summed E-state index contributed by atoms with van der Waals surface area (Å²) in [6, 6.07) is 26.4. The van der Waals surface area contributed by atoms with Gasteiger partial charge in [-0.3, -0.25) is 9.59 Å². The summed E-state index contributed by atoms with van der Waals surface area (Å²) in [7, 11) is 1.63. The number of hydrogen-bond donors (Lipinski definition) is 0. The summed E-state index contributed by atoms with van der Waals surface area (Å²) in [5, 5.41) is 8.81. The Labute approximate surface area is 232 Å². The average molecular weight is 540 g/mol. The number of anilines is 1. The number of benzene rings is 3. The molecule has 0 N–H and O–H groups in total. The fraction of sp³-hybridized carbons (Fsp3) is 0.226. The number of ether oxygens (including phenoxy) is 1. The molecule has 8 nitrogen and oxygen atoms in total. The van der Waals surface area contributed by atoms with Gasteiger partial charge in [-0.25, -0.2) is 4.39 Å². The predicted octanol–water partition coefficient (Wildman–Crippen LogP) is 4.28. The maximum absolute atomic E-state index is 13.4. The lowest BCUT2D eigenvalue weighted by molar-refractivity contribution is -0.132. The number of methoxy groups -OCH3 is 1. The Morgan fingerprint density at radius 1 is 0.875 bits per heavy atom. The quantitative estimate of drug-likeness (QED) is 0.333. The molecular formula is C31H30FN5O3. The molecule has 2 heterocycles. The van der Waals surface area contributed by atoms with Crippen LogP contribution in [0.15, 0.2) is 91.0 Å². The van der Waals surface area contributed by atoms with E-state index in [2.05, 4.69) is 15.1 Å². The van der Waals surface area contributed by atoms with Crippen molar-refractivity contribution in [2.45, 2.75) is 6.54 Å². The molecule has 4 aromatic rings. The van der Waals surface area contributed by atoms with Crippen LogP contribution < -0.4 is 9.64 Å². The topological polar surface area (TPSA) is 78.9 Å². The van der Waals surface area contributed by atoms with Gasteiger partial charge in [0.1, 0.15) is 18.1 Å². The Kier molecular flexibility index (Phi) is 8.29. The van der Waals surface area contributed by atoms with E-state index in [9.17, 15) is 14.0 Å². The molecule has 0 bridgehead atoms. The first-order chi connectivity index (χ1) is 19.5. The maximum atomic E-state index is 13.4. The number of piperazine rings is 1. The molecular weight excluding hydrogens is 509 g/mol. The van der Waals surface area contributed by atoms with Gasteiger partial charge < -0.3 is 19.4 Å². The van der Waals surface area contributed by atoms with Crippen molar-refractivity contribution in [3.8, 4) is 17.0 Å². The number of aromatic nitrogens is 2. The molecule has 1 aromatic heterocycles. The molecule has 5 rings (SSSR count). The van der Waals surface area contributed by atoms with Gasteiger partial charge >= 0.3 is 0 Å². The third-order valence-corrected chi connectivity index (χ3v) is 6.89. The van der Waals surface area contributed by atoms with E-state index in [1.165, 1.54) is 17.0 Å². The minimum absolute atomic E-state index is 0.0693. The third kappa shape index (κ3) is 6.43. The van der Waals surface area contributed by atoms with Crippen molar-refractivity contribution in [3.63, 3.8) is 0 Å². The van der Waals surface area contributed by atoms with Gasteiger partial charge in [0.15, 0.2) is 5.82 Å². The zero-order valence-electron chi connectivity index (χ0n) is 22.2. The van der Waals surface area contributed by atoms with E-state index < -0.39 is 0 Å². The molecule has 0 saturated carbocycles. The molecule has 3 aromatic carbocycles. The Morgan fingerprint density at radius 2 is 1.62 bits per heavy atom. The van der Waals surface area contributed by atoms with E-state index in [-0.39, 0.29) is 30.7 Å². The molecule has 1 fully saturated rings. The lowest BCUT2D eigenvalue weighted by Gasteiger charge is -2.36. The number of carbonyl (C=O) groups is 2. The van der Waals surface area contributed by atoms with Crippen LogP contribution in [0.4, 0.5) is 10.2 Å². The Bertz CT molecular complexity index is 1440. The second-order valence-electron chi connectivity index (χ2n) is 9.53. The lowest BCUT2D eigenvalue weighted by atomic mass is 10.1. The Morgan fingerprint density at radius 3 is 2.30 bits per heavy atom. The van der Waals surface area contributed by atoms with Crippen LogP contribution in [0.25, 0.3) is 11.3 Å². The van der Waals surface area contributed by atoms with Crippen molar-refractivity contribution in [3.05, 3.63) is 108 Å². The zero-order chi connectivity index (χ0) is 27.9. The second-order valence-corrected chi connectivity index (χ2v) is 9.53. The standard InChI is InChI=1S/C31H30FN5O3/c1-40-27-9-5-8-25(20-27)28-14-15-29(34-33-28)35-16-18-36(19-17-35)30(38)22-37(21-23-10-12-26(32)13-11-23)31(39)24-6-3-2-4-7-24/h2-15,20H,16-19,21-22H2,1H3. The molecule has 1 aliphatic rings. The summed E-state index contributed by atoms with van der Waals surface area (Å²) >= 11 is 0. The Balaban J connectivity index is 1.21. The highest BCUT2D eigenvalue weighted by Gasteiger charge is 2.26. The SMILES string of the molecule is COc1cccc(-c2ccc(N3CCN(C(=O)CN(Cc4ccc(F)cc4)C(=O)c4ccccc4)CC3)nn2)c1. The molecule has 2 amide bonds. The van der Waals surface area contributed by atoms with Crippen molar-refractivity contribution in [2.24, 2.45) is 0 Å². The van der Waals surface area contributed by atoms with E-state index in [0.717, 1.165) is 28.4 Å². The zero-order valence-corrected chi connectivity index (χ0v) is 22.2. The van der Waals surface area contributed by atoms with Gasteiger partial charge in [-0.15, -0.1) is 10.2 Å². The van der Waals surface area contributed by atoms with Gasteiger partial charge in [0.2, 0.25) is 5.91 Å². The predicted molar refractivity (Wildman–Crippen MR) is 150 cm³/mol. The summed E-state index contributed by atoms with van der Waals surface area (Å²) in [6.07, 6.45) is 0.